The standard InChI is InChI=1S/C24H26O/c1-16(2)21-11-5-17(3)24-22(13-18(4)23(24)14-21)12-10-19-6-8-20(15-25)9-7-19/h5-14,16,25H,15H2,1-4H3/b12-10+. The topological polar surface area (TPSA) is 20.2 Å². The van der Waals surface area contributed by atoms with E-state index in [-0.39, 0.29) is 6.61 Å². The van der Waals surface area contributed by atoms with Crippen molar-refractivity contribution in [3.8, 4) is 11.1 Å². The highest BCUT2D eigenvalue weighted by molar-refractivity contribution is 5.87. The molecule has 0 unspecified atom stereocenters. The van der Waals surface area contributed by atoms with E-state index in [2.05, 4.69) is 64.1 Å². The van der Waals surface area contributed by atoms with Crippen molar-refractivity contribution in [2.75, 3.05) is 0 Å². The second kappa shape index (κ2) is 7.25. The summed E-state index contributed by atoms with van der Waals surface area (Å²) in [7, 11) is 0. The van der Waals surface area contributed by atoms with E-state index in [1.54, 1.807) is 0 Å². The monoisotopic (exact) mass is 330 g/mol. The molecule has 0 saturated carbocycles. The molecule has 2 aliphatic rings. The van der Waals surface area contributed by atoms with Gasteiger partial charge in [0.2, 0.25) is 0 Å². The second-order valence-electron chi connectivity index (χ2n) is 7.12. The maximum atomic E-state index is 9.16. The summed E-state index contributed by atoms with van der Waals surface area (Å²) in [6.45, 7) is 8.96. The largest absolute Gasteiger partial charge is 0.392 e. The zero-order valence-electron chi connectivity index (χ0n) is 15.5. The van der Waals surface area contributed by atoms with Crippen molar-refractivity contribution in [3.63, 3.8) is 0 Å². The van der Waals surface area contributed by atoms with Gasteiger partial charge in [-0.1, -0.05) is 74.5 Å². The van der Waals surface area contributed by atoms with Crippen molar-refractivity contribution < 1.29 is 5.11 Å². The molecule has 0 spiro atoms. The first-order chi connectivity index (χ1) is 12.0. The molecule has 0 amide bonds. The summed E-state index contributed by atoms with van der Waals surface area (Å²) in [6, 6.07) is 17.1. The molecular weight excluding hydrogens is 304 g/mol. The van der Waals surface area contributed by atoms with Crippen molar-refractivity contribution in [2.24, 2.45) is 0 Å². The van der Waals surface area contributed by atoms with E-state index in [0.29, 0.717) is 5.92 Å². The van der Waals surface area contributed by atoms with E-state index >= 15 is 0 Å². The number of rotatable bonds is 4. The summed E-state index contributed by atoms with van der Waals surface area (Å²) < 4.78 is 0. The molecule has 0 atom stereocenters. The van der Waals surface area contributed by atoms with E-state index in [4.69, 9.17) is 5.11 Å². The fourth-order valence-corrected chi connectivity index (χ4v) is 3.29. The molecule has 0 aliphatic heterocycles. The molecule has 128 valence electrons. The minimum atomic E-state index is 0.0879. The molecule has 0 bridgehead atoms. The van der Waals surface area contributed by atoms with E-state index in [9.17, 15) is 0 Å². The van der Waals surface area contributed by atoms with Gasteiger partial charge in [0.05, 0.1) is 6.61 Å². The smallest absolute Gasteiger partial charge is 0.0681 e. The van der Waals surface area contributed by atoms with Gasteiger partial charge in [0.1, 0.15) is 0 Å². The second-order valence-corrected chi connectivity index (χ2v) is 7.12. The molecule has 0 saturated heterocycles. The minimum Gasteiger partial charge on any atom is -0.392 e. The molecule has 25 heavy (non-hydrogen) atoms. The van der Waals surface area contributed by atoms with Crippen molar-refractivity contribution in [3.05, 3.63) is 81.9 Å². The molecule has 2 aliphatic carbocycles. The van der Waals surface area contributed by atoms with Crippen LogP contribution in [-0.2, 0) is 6.61 Å². The summed E-state index contributed by atoms with van der Waals surface area (Å²) in [5.41, 5.74) is 10.1. The van der Waals surface area contributed by atoms with Gasteiger partial charge < -0.3 is 5.11 Å². The fourth-order valence-electron chi connectivity index (χ4n) is 3.29. The van der Waals surface area contributed by atoms with Crippen LogP contribution in [0.2, 0.25) is 0 Å². The molecule has 0 aromatic heterocycles. The number of benzene rings is 1. The summed E-state index contributed by atoms with van der Waals surface area (Å²) in [6.07, 6.45) is 4.34. The Bertz CT molecular complexity index is 869. The fraction of sp³-hybridized carbons (Fsp3) is 0.250. The lowest BCUT2D eigenvalue weighted by Gasteiger charge is -2.04. The predicted octanol–water partition coefficient (Wildman–Crippen LogP) is 6.19. The Labute approximate surface area is 151 Å². The van der Waals surface area contributed by atoms with E-state index in [0.717, 1.165) is 11.1 Å². The van der Waals surface area contributed by atoms with Crippen LogP contribution in [0.3, 0.4) is 0 Å². The summed E-state index contributed by atoms with van der Waals surface area (Å²) in [5, 5.41) is 9.16. The van der Waals surface area contributed by atoms with Gasteiger partial charge in [0, 0.05) is 0 Å². The van der Waals surface area contributed by atoms with Crippen LogP contribution in [0.1, 0.15) is 53.1 Å². The Kier molecular flexibility index (Phi) is 5.06. The van der Waals surface area contributed by atoms with E-state index < -0.39 is 0 Å². The highest BCUT2D eigenvalue weighted by Crippen LogP contribution is 2.37. The maximum absolute atomic E-state index is 9.16. The van der Waals surface area contributed by atoms with E-state index in [1.807, 2.05) is 24.3 Å². The van der Waals surface area contributed by atoms with Crippen LogP contribution >= 0.6 is 0 Å². The van der Waals surface area contributed by atoms with Crippen LogP contribution in [0.4, 0.5) is 0 Å². The Morgan fingerprint density at radius 2 is 1.60 bits per heavy atom. The minimum absolute atomic E-state index is 0.0879. The average molecular weight is 330 g/mol. The van der Waals surface area contributed by atoms with E-state index in [1.165, 1.54) is 33.4 Å². The van der Waals surface area contributed by atoms with Gasteiger partial charge in [0.25, 0.3) is 0 Å². The Morgan fingerprint density at radius 1 is 0.880 bits per heavy atom. The normalized spacial score (nSPS) is 11.8. The Hall–Kier alpha value is -2.38. The number of fused-ring (bicyclic) bond motifs is 1. The Morgan fingerprint density at radius 3 is 2.24 bits per heavy atom. The van der Waals surface area contributed by atoms with Gasteiger partial charge in [-0.15, -0.1) is 0 Å². The van der Waals surface area contributed by atoms with Crippen LogP contribution in [-0.4, -0.2) is 5.11 Å². The average Bonchev–Trinajstić information content (AvgIpc) is 2.80. The molecule has 0 heterocycles. The highest BCUT2D eigenvalue weighted by atomic mass is 16.3. The third-order valence-electron chi connectivity index (χ3n) is 4.87. The molecule has 1 heteroatoms. The van der Waals surface area contributed by atoms with Crippen molar-refractivity contribution in [1.29, 1.82) is 0 Å². The third kappa shape index (κ3) is 3.67. The molecule has 1 N–H and O–H groups in total. The lowest BCUT2D eigenvalue weighted by Crippen LogP contribution is -1.84. The van der Waals surface area contributed by atoms with Crippen LogP contribution in [0.15, 0.2) is 48.5 Å². The number of aliphatic hydroxyl groups is 1. The van der Waals surface area contributed by atoms with Crippen LogP contribution in [0.25, 0.3) is 23.3 Å². The van der Waals surface area contributed by atoms with Crippen molar-refractivity contribution >= 4 is 12.2 Å². The SMILES string of the molecule is Cc1cc(/C=C/c2ccc(CO)cc2)c2c(C)ccc(C(C)C)cc1-2. The highest BCUT2D eigenvalue weighted by Gasteiger charge is 2.14. The quantitative estimate of drug-likeness (QED) is 0.604. The summed E-state index contributed by atoms with van der Waals surface area (Å²) in [4.78, 5) is 0. The van der Waals surface area contributed by atoms with Gasteiger partial charge in [-0.2, -0.15) is 0 Å². The lowest BCUT2D eigenvalue weighted by molar-refractivity contribution is 0.282. The zero-order valence-corrected chi connectivity index (χ0v) is 15.5. The summed E-state index contributed by atoms with van der Waals surface area (Å²) in [5.74, 6) is 0.522. The molecule has 1 nitrogen and oxygen atoms in total. The van der Waals surface area contributed by atoms with Gasteiger partial charge in [-0.05, 0) is 64.3 Å². The molecule has 1 aromatic rings. The molecular formula is C24H26O. The first kappa shape index (κ1) is 17.4. The number of aliphatic hydroxyl groups excluding tert-OH is 1. The van der Waals surface area contributed by atoms with Crippen LogP contribution in [0.5, 0.6) is 0 Å². The van der Waals surface area contributed by atoms with Crippen molar-refractivity contribution in [1.82, 2.24) is 0 Å². The van der Waals surface area contributed by atoms with Gasteiger partial charge in [0.15, 0.2) is 0 Å². The number of hydrogen-bond donors (Lipinski definition) is 1. The first-order valence-corrected chi connectivity index (χ1v) is 8.91. The predicted molar refractivity (Wildman–Crippen MR) is 108 cm³/mol. The van der Waals surface area contributed by atoms with Crippen LogP contribution in [0, 0.1) is 13.8 Å². The molecule has 1 aromatic carbocycles. The Balaban J connectivity index is 2.02. The molecule has 0 fully saturated rings. The van der Waals surface area contributed by atoms with Gasteiger partial charge in [-0.3, -0.25) is 0 Å². The van der Waals surface area contributed by atoms with Crippen LogP contribution < -0.4 is 0 Å². The first-order valence-electron chi connectivity index (χ1n) is 8.91. The molecule has 3 rings (SSSR count). The number of aryl methyl sites for hydroxylation is 2. The lowest BCUT2D eigenvalue weighted by atomic mass is 10.0. The third-order valence-corrected chi connectivity index (χ3v) is 4.87. The van der Waals surface area contributed by atoms with Gasteiger partial charge >= 0.3 is 0 Å². The zero-order chi connectivity index (χ0) is 18.0. The number of hydrogen-bond acceptors (Lipinski definition) is 1. The summed E-state index contributed by atoms with van der Waals surface area (Å²) >= 11 is 0. The van der Waals surface area contributed by atoms with Gasteiger partial charge in [-0.25, -0.2) is 0 Å². The van der Waals surface area contributed by atoms with Crippen molar-refractivity contribution in [2.45, 2.75) is 40.2 Å². The molecule has 0 radical (unpaired) electrons. The maximum Gasteiger partial charge on any atom is 0.0681 e.